The largest absolute Gasteiger partial charge is 0.432 e. The maximum absolute atomic E-state index is 13.7. The Morgan fingerprint density at radius 1 is 1.03 bits per heavy atom. The first-order valence-corrected chi connectivity index (χ1v) is 12.9. The van der Waals surface area contributed by atoms with Gasteiger partial charge in [0, 0.05) is 17.3 Å². The molecule has 4 aliphatic carbocycles. The summed E-state index contributed by atoms with van der Waals surface area (Å²) >= 11 is 0. The van der Waals surface area contributed by atoms with Gasteiger partial charge in [-0.25, -0.2) is 0 Å². The zero-order valence-electron chi connectivity index (χ0n) is 20.7. The summed E-state index contributed by atoms with van der Waals surface area (Å²) in [7, 11) is 0. The first-order valence-electron chi connectivity index (χ1n) is 12.9. The van der Waals surface area contributed by atoms with Gasteiger partial charge in [0.1, 0.15) is 24.4 Å². The number of Topliss-reactive ketones (excluding diaryl/α,β-unsaturated/α-hetero) is 1. The SMILES string of the molecule is C=C1C(=O)[C@]23C[C@H]1C[C@@H](O)[C@H]2[C@]1(C)CCC[C@@](C)(C(=O)O[C@@H]2O[C@H](CO)[C@@H](O)[C@H](O)[C@H]2O)[C@H]1[C@@H](O)C3. The van der Waals surface area contributed by atoms with Gasteiger partial charge < -0.3 is 40.1 Å². The van der Waals surface area contributed by atoms with Gasteiger partial charge in [0.25, 0.3) is 0 Å². The van der Waals surface area contributed by atoms with Gasteiger partial charge in [-0.1, -0.05) is 19.9 Å². The fourth-order valence-electron chi connectivity index (χ4n) is 9.04. The molecule has 1 saturated heterocycles. The van der Waals surface area contributed by atoms with Crippen molar-refractivity contribution in [3.05, 3.63) is 12.2 Å². The highest BCUT2D eigenvalue weighted by atomic mass is 16.7. The van der Waals surface area contributed by atoms with E-state index < -0.39 is 83.6 Å². The van der Waals surface area contributed by atoms with E-state index in [4.69, 9.17) is 9.47 Å². The maximum atomic E-state index is 13.7. The molecule has 0 radical (unpaired) electrons. The third kappa shape index (κ3) is 3.35. The molecular weight excluding hydrogens is 472 g/mol. The van der Waals surface area contributed by atoms with Gasteiger partial charge in [0.15, 0.2) is 5.78 Å². The van der Waals surface area contributed by atoms with E-state index in [1.807, 2.05) is 6.92 Å². The highest BCUT2D eigenvalue weighted by Gasteiger charge is 2.72. The number of allylic oxidation sites excluding steroid dienone is 1. The summed E-state index contributed by atoms with van der Waals surface area (Å²) in [6, 6.07) is 0. The van der Waals surface area contributed by atoms with Crippen molar-refractivity contribution in [3.63, 3.8) is 0 Å². The predicted octanol–water partition coefficient (Wildman–Crippen LogP) is -0.581. The summed E-state index contributed by atoms with van der Waals surface area (Å²) in [5.41, 5.74) is -2.36. The molecule has 1 spiro atoms. The zero-order chi connectivity index (χ0) is 26.4. The molecule has 13 atom stereocenters. The van der Waals surface area contributed by atoms with Crippen LogP contribution in [0.3, 0.4) is 0 Å². The number of carbonyl (C=O) groups excluding carboxylic acids is 2. The van der Waals surface area contributed by atoms with Crippen LogP contribution >= 0.6 is 0 Å². The fourth-order valence-corrected chi connectivity index (χ4v) is 9.04. The maximum Gasteiger partial charge on any atom is 0.314 e. The van der Waals surface area contributed by atoms with Gasteiger partial charge in [-0.15, -0.1) is 0 Å². The predicted molar refractivity (Wildman–Crippen MR) is 123 cm³/mol. The number of aliphatic hydroxyl groups excluding tert-OH is 6. The second kappa shape index (κ2) is 8.56. The van der Waals surface area contributed by atoms with Crippen molar-refractivity contribution in [3.8, 4) is 0 Å². The van der Waals surface area contributed by atoms with Crippen molar-refractivity contribution in [2.45, 2.75) is 95.3 Å². The minimum atomic E-state index is -1.73. The van der Waals surface area contributed by atoms with Crippen LogP contribution < -0.4 is 0 Å². The number of fused-ring (bicyclic) bond motifs is 3. The first-order chi connectivity index (χ1) is 16.8. The van der Waals surface area contributed by atoms with E-state index >= 15 is 0 Å². The minimum Gasteiger partial charge on any atom is -0.432 e. The number of carbonyl (C=O) groups is 2. The Balaban J connectivity index is 1.47. The Hall–Kier alpha value is -1.40. The number of ketones is 1. The fraction of sp³-hybridized carbons (Fsp3) is 0.846. The van der Waals surface area contributed by atoms with E-state index in [0.29, 0.717) is 37.7 Å². The molecule has 36 heavy (non-hydrogen) atoms. The second-order valence-electron chi connectivity index (χ2n) is 12.3. The van der Waals surface area contributed by atoms with Gasteiger partial charge >= 0.3 is 5.97 Å². The Morgan fingerprint density at radius 3 is 2.39 bits per heavy atom. The van der Waals surface area contributed by atoms with E-state index in [1.54, 1.807) is 6.92 Å². The number of hydrogen-bond donors (Lipinski definition) is 6. The average molecular weight is 511 g/mol. The van der Waals surface area contributed by atoms with Crippen LogP contribution in [0.25, 0.3) is 0 Å². The van der Waals surface area contributed by atoms with Crippen molar-refractivity contribution < 1.29 is 49.7 Å². The number of ether oxygens (including phenoxy) is 2. The highest BCUT2D eigenvalue weighted by Crippen LogP contribution is 2.71. The van der Waals surface area contributed by atoms with E-state index in [9.17, 15) is 40.2 Å². The lowest BCUT2D eigenvalue weighted by molar-refractivity contribution is -0.300. The summed E-state index contributed by atoms with van der Waals surface area (Å²) in [6.07, 6.45) is -6.93. The summed E-state index contributed by atoms with van der Waals surface area (Å²) in [5, 5.41) is 62.8. The third-order valence-corrected chi connectivity index (χ3v) is 10.4. The summed E-state index contributed by atoms with van der Waals surface area (Å²) in [6.45, 7) is 6.98. The number of rotatable bonds is 3. The molecule has 6 N–H and O–H groups in total. The standard InChI is InChI=1S/C26H38O10/c1-11-12-7-13(28)20-24(2)5-4-6-25(3,19(24)14(29)9-26(20,8-12)21(11)33)23(34)36-22-18(32)17(31)16(30)15(10-27)35-22/h12-20,22,27-32H,1,4-10H2,2-3H3/t12-,13-,14+,15-,16-,17+,18-,19+,20+,22+,24-,25-,26+/m1/s1. The van der Waals surface area contributed by atoms with Crippen LogP contribution in [-0.2, 0) is 19.1 Å². The van der Waals surface area contributed by atoms with Gasteiger partial charge in [0.2, 0.25) is 6.29 Å². The molecule has 0 aromatic rings. The Morgan fingerprint density at radius 2 is 1.72 bits per heavy atom. The number of esters is 1. The van der Waals surface area contributed by atoms with Crippen LogP contribution in [0.2, 0.25) is 0 Å². The van der Waals surface area contributed by atoms with Gasteiger partial charge in [-0.05, 0) is 55.9 Å². The Labute approximate surface area is 209 Å². The molecule has 0 amide bonds. The molecule has 0 unspecified atom stereocenters. The quantitative estimate of drug-likeness (QED) is 0.213. The molecule has 4 saturated carbocycles. The van der Waals surface area contributed by atoms with Gasteiger partial charge in [-0.2, -0.15) is 0 Å². The lowest BCUT2D eigenvalue weighted by Crippen LogP contribution is -2.67. The van der Waals surface area contributed by atoms with Crippen LogP contribution in [0, 0.1) is 34.0 Å². The molecule has 5 fully saturated rings. The number of aliphatic hydroxyl groups is 6. The smallest absolute Gasteiger partial charge is 0.314 e. The molecule has 1 heterocycles. The van der Waals surface area contributed by atoms with Crippen LogP contribution in [0.4, 0.5) is 0 Å². The average Bonchev–Trinajstić information content (AvgIpc) is 2.99. The molecule has 10 nitrogen and oxygen atoms in total. The van der Waals surface area contributed by atoms with E-state index in [-0.39, 0.29) is 18.1 Å². The van der Waals surface area contributed by atoms with Crippen LogP contribution in [0.5, 0.6) is 0 Å². The van der Waals surface area contributed by atoms with Crippen LogP contribution in [0.15, 0.2) is 12.2 Å². The molecule has 0 aromatic heterocycles. The van der Waals surface area contributed by atoms with Crippen molar-refractivity contribution in [2.24, 2.45) is 34.0 Å². The minimum absolute atomic E-state index is 0.0797. The molecule has 2 bridgehead atoms. The van der Waals surface area contributed by atoms with Crippen molar-refractivity contribution in [2.75, 3.05) is 6.61 Å². The lowest BCUT2D eigenvalue weighted by Gasteiger charge is -2.65. The van der Waals surface area contributed by atoms with E-state index in [0.717, 1.165) is 0 Å². The summed E-state index contributed by atoms with van der Waals surface area (Å²) in [5.74, 6) is -2.00. The molecular formula is C26H38O10. The van der Waals surface area contributed by atoms with E-state index in [1.165, 1.54) is 0 Å². The topological polar surface area (TPSA) is 174 Å². The third-order valence-electron chi connectivity index (χ3n) is 10.4. The van der Waals surface area contributed by atoms with Crippen LogP contribution in [-0.4, -0.2) is 91.9 Å². The molecule has 0 aromatic carbocycles. The highest BCUT2D eigenvalue weighted by molar-refractivity contribution is 6.03. The summed E-state index contributed by atoms with van der Waals surface area (Å²) < 4.78 is 10.9. The lowest BCUT2D eigenvalue weighted by atomic mass is 9.39. The monoisotopic (exact) mass is 510 g/mol. The molecule has 1 aliphatic heterocycles. The molecule has 202 valence electrons. The van der Waals surface area contributed by atoms with Gasteiger partial charge in [0.05, 0.1) is 24.2 Å². The normalized spacial score (nSPS) is 54.6. The van der Waals surface area contributed by atoms with Crippen LogP contribution in [0.1, 0.15) is 52.4 Å². The van der Waals surface area contributed by atoms with Crippen molar-refractivity contribution in [1.82, 2.24) is 0 Å². The van der Waals surface area contributed by atoms with Crippen molar-refractivity contribution >= 4 is 11.8 Å². The van der Waals surface area contributed by atoms with E-state index in [2.05, 4.69) is 6.58 Å². The Bertz CT molecular complexity index is 951. The number of hydrogen-bond acceptors (Lipinski definition) is 10. The van der Waals surface area contributed by atoms with Gasteiger partial charge in [-0.3, -0.25) is 9.59 Å². The molecule has 5 aliphatic rings. The summed E-state index contributed by atoms with van der Waals surface area (Å²) in [4.78, 5) is 27.1. The van der Waals surface area contributed by atoms with Crippen molar-refractivity contribution in [1.29, 1.82) is 0 Å². The molecule has 10 heteroatoms. The second-order valence-corrected chi connectivity index (χ2v) is 12.3. The zero-order valence-corrected chi connectivity index (χ0v) is 20.7. The Kier molecular flexibility index (Phi) is 6.23. The molecule has 5 rings (SSSR count). The first kappa shape index (κ1) is 26.2.